The highest BCUT2D eigenvalue weighted by Gasteiger charge is 2.26. The number of carbonyl (C=O) groups is 1. The number of amides is 1. The lowest BCUT2D eigenvalue weighted by Crippen LogP contribution is -2.42. The van der Waals surface area contributed by atoms with Crippen LogP contribution in [0.25, 0.3) is 0 Å². The number of carbonyl (C=O) groups excluding carboxylic acids is 1. The number of hydrogen-bond acceptors (Lipinski definition) is 3. The van der Waals surface area contributed by atoms with Crippen molar-refractivity contribution in [2.75, 3.05) is 6.54 Å². The van der Waals surface area contributed by atoms with Crippen molar-refractivity contribution >= 4 is 6.09 Å². The van der Waals surface area contributed by atoms with Crippen LogP contribution in [0.1, 0.15) is 93.4 Å². The van der Waals surface area contributed by atoms with Gasteiger partial charge in [-0.25, -0.2) is 4.79 Å². The van der Waals surface area contributed by atoms with Crippen LogP contribution >= 0.6 is 0 Å². The summed E-state index contributed by atoms with van der Waals surface area (Å²) < 4.78 is 5.42. The van der Waals surface area contributed by atoms with E-state index in [1.54, 1.807) is 0 Å². The maximum atomic E-state index is 12.2. The van der Waals surface area contributed by atoms with E-state index in [1.165, 1.54) is 37.2 Å². The Labute approximate surface area is 137 Å². The van der Waals surface area contributed by atoms with Gasteiger partial charge in [-0.2, -0.15) is 5.06 Å². The SMILES string of the molecule is CCCCCCCCCN(OC(C)(C)C)C(=O)OC(C)(C)C. The van der Waals surface area contributed by atoms with Crippen LogP contribution in [0.4, 0.5) is 4.79 Å². The first-order chi connectivity index (χ1) is 10.0. The molecular weight excluding hydrogens is 278 g/mol. The molecule has 0 N–H and O–H groups in total. The van der Waals surface area contributed by atoms with Gasteiger partial charge in [0.25, 0.3) is 0 Å². The van der Waals surface area contributed by atoms with Gasteiger partial charge in [-0.1, -0.05) is 45.4 Å². The van der Waals surface area contributed by atoms with E-state index in [-0.39, 0.29) is 0 Å². The molecule has 4 nitrogen and oxygen atoms in total. The minimum absolute atomic E-state index is 0.395. The molecule has 0 aliphatic rings. The van der Waals surface area contributed by atoms with E-state index in [2.05, 4.69) is 6.92 Å². The Hall–Kier alpha value is -0.770. The lowest BCUT2D eigenvalue weighted by Gasteiger charge is -2.31. The Morgan fingerprint density at radius 3 is 1.77 bits per heavy atom. The molecule has 0 saturated heterocycles. The number of rotatable bonds is 9. The molecule has 0 unspecified atom stereocenters. The summed E-state index contributed by atoms with van der Waals surface area (Å²) in [6.07, 6.45) is 8.07. The zero-order chi connectivity index (χ0) is 17.2. The average Bonchev–Trinajstić information content (AvgIpc) is 2.32. The molecule has 0 fully saturated rings. The van der Waals surface area contributed by atoms with Crippen LogP contribution in [0.2, 0.25) is 0 Å². The van der Waals surface area contributed by atoms with Crippen molar-refractivity contribution in [2.45, 2.75) is 105 Å². The van der Waals surface area contributed by atoms with Crippen molar-refractivity contribution in [3.8, 4) is 0 Å². The molecule has 0 spiro atoms. The van der Waals surface area contributed by atoms with Gasteiger partial charge in [-0.05, 0) is 48.0 Å². The third-order valence-corrected chi connectivity index (χ3v) is 2.95. The number of hydrogen-bond donors (Lipinski definition) is 0. The predicted octanol–water partition coefficient (Wildman–Crippen LogP) is 5.70. The molecule has 0 aromatic rings. The van der Waals surface area contributed by atoms with Crippen LogP contribution in [-0.4, -0.2) is 28.9 Å². The molecule has 0 atom stereocenters. The zero-order valence-corrected chi connectivity index (χ0v) is 15.8. The van der Waals surface area contributed by atoms with E-state index >= 15 is 0 Å². The van der Waals surface area contributed by atoms with E-state index in [0.29, 0.717) is 6.54 Å². The first-order valence-corrected chi connectivity index (χ1v) is 8.75. The number of ether oxygens (including phenoxy) is 1. The Morgan fingerprint density at radius 1 is 0.818 bits per heavy atom. The van der Waals surface area contributed by atoms with Crippen molar-refractivity contribution < 1.29 is 14.4 Å². The highest BCUT2D eigenvalue weighted by Crippen LogP contribution is 2.17. The molecule has 0 aromatic carbocycles. The van der Waals surface area contributed by atoms with Gasteiger partial charge in [0.15, 0.2) is 0 Å². The fraction of sp³-hybridized carbons (Fsp3) is 0.944. The lowest BCUT2D eigenvalue weighted by atomic mass is 10.1. The highest BCUT2D eigenvalue weighted by atomic mass is 16.7. The van der Waals surface area contributed by atoms with E-state index < -0.39 is 17.3 Å². The van der Waals surface area contributed by atoms with E-state index in [1.807, 2.05) is 41.5 Å². The second-order valence-corrected chi connectivity index (χ2v) is 7.91. The summed E-state index contributed by atoms with van der Waals surface area (Å²) >= 11 is 0. The Kier molecular flexibility index (Phi) is 9.74. The molecule has 0 rings (SSSR count). The summed E-state index contributed by atoms with van der Waals surface area (Å²) in [7, 11) is 0. The Bertz CT molecular complexity index is 302. The first kappa shape index (κ1) is 21.2. The minimum atomic E-state index is -0.503. The van der Waals surface area contributed by atoms with Gasteiger partial charge in [0.1, 0.15) is 5.60 Å². The summed E-state index contributed by atoms with van der Waals surface area (Å²) in [6, 6.07) is 0. The van der Waals surface area contributed by atoms with Gasteiger partial charge in [-0.15, -0.1) is 0 Å². The normalized spacial score (nSPS) is 12.3. The van der Waals surface area contributed by atoms with Crippen LogP contribution in [-0.2, 0) is 9.57 Å². The average molecular weight is 315 g/mol. The second-order valence-electron chi connectivity index (χ2n) is 7.91. The fourth-order valence-corrected chi connectivity index (χ4v) is 2.03. The smallest absolute Gasteiger partial charge is 0.434 e. The molecule has 0 heterocycles. The molecule has 0 saturated carbocycles. The molecule has 0 radical (unpaired) electrons. The molecule has 1 amide bonds. The Morgan fingerprint density at radius 2 is 1.32 bits per heavy atom. The number of hydroxylamine groups is 2. The third-order valence-electron chi connectivity index (χ3n) is 2.95. The summed E-state index contributed by atoms with van der Waals surface area (Å²) in [5.41, 5.74) is -0.908. The van der Waals surface area contributed by atoms with Gasteiger partial charge < -0.3 is 4.74 Å². The van der Waals surface area contributed by atoms with Crippen molar-refractivity contribution in [1.29, 1.82) is 0 Å². The van der Waals surface area contributed by atoms with Crippen LogP contribution in [0.3, 0.4) is 0 Å². The van der Waals surface area contributed by atoms with Crippen LogP contribution in [0, 0.1) is 0 Å². The maximum Gasteiger partial charge on any atom is 0.434 e. The topological polar surface area (TPSA) is 38.8 Å². The predicted molar refractivity (Wildman–Crippen MR) is 91.8 cm³/mol. The van der Waals surface area contributed by atoms with Crippen molar-refractivity contribution in [2.24, 2.45) is 0 Å². The van der Waals surface area contributed by atoms with Crippen LogP contribution in [0.15, 0.2) is 0 Å². The largest absolute Gasteiger partial charge is 0.442 e. The van der Waals surface area contributed by atoms with E-state index in [0.717, 1.165) is 12.8 Å². The maximum absolute atomic E-state index is 12.2. The van der Waals surface area contributed by atoms with Crippen LogP contribution < -0.4 is 0 Å². The van der Waals surface area contributed by atoms with E-state index in [4.69, 9.17) is 9.57 Å². The molecule has 4 heteroatoms. The zero-order valence-electron chi connectivity index (χ0n) is 15.8. The van der Waals surface area contributed by atoms with Crippen molar-refractivity contribution in [3.05, 3.63) is 0 Å². The summed E-state index contributed by atoms with van der Waals surface area (Å²) in [6.45, 7) is 14.2. The standard InChI is InChI=1S/C18H37NO3/c1-8-9-10-11-12-13-14-15-19(22-18(5,6)7)16(20)21-17(2,3)4/h8-15H2,1-7H3. The Balaban J connectivity index is 4.23. The van der Waals surface area contributed by atoms with Gasteiger partial charge in [0.05, 0.1) is 12.1 Å². The highest BCUT2D eigenvalue weighted by molar-refractivity contribution is 5.66. The fourth-order valence-electron chi connectivity index (χ4n) is 2.03. The molecule has 22 heavy (non-hydrogen) atoms. The van der Waals surface area contributed by atoms with E-state index in [9.17, 15) is 4.79 Å². The van der Waals surface area contributed by atoms with Gasteiger partial charge in [0.2, 0.25) is 0 Å². The molecule has 0 aliphatic carbocycles. The second kappa shape index (κ2) is 10.1. The third kappa shape index (κ3) is 12.9. The number of nitrogens with zero attached hydrogens (tertiary/aromatic N) is 1. The first-order valence-electron chi connectivity index (χ1n) is 8.75. The molecule has 0 bridgehead atoms. The van der Waals surface area contributed by atoms with Crippen LogP contribution in [0.5, 0.6) is 0 Å². The molecule has 0 aromatic heterocycles. The quantitative estimate of drug-likeness (QED) is 0.404. The number of unbranched alkanes of at least 4 members (excludes halogenated alkanes) is 6. The minimum Gasteiger partial charge on any atom is -0.442 e. The van der Waals surface area contributed by atoms with Crippen molar-refractivity contribution in [3.63, 3.8) is 0 Å². The summed E-state index contributed by atoms with van der Waals surface area (Å²) in [4.78, 5) is 18.0. The van der Waals surface area contributed by atoms with Crippen molar-refractivity contribution in [1.82, 2.24) is 5.06 Å². The lowest BCUT2D eigenvalue weighted by molar-refractivity contribution is -0.211. The molecule has 132 valence electrons. The van der Waals surface area contributed by atoms with Gasteiger partial charge >= 0.3 is 6.09 Å². The summed E-state index contributed by atoms with van der Waals surface area (Å²) in [5.74, 6) is 0. The van der Waals surface area contributed by atoms with Gasteiger partial charge in [-0.3, -0.25) is 4.84 Å². The molecule has 0 aliphatic heterocycles. The summed E-state index contributed by atoms with van der Waals surface area (Å²) in [5, 5.41) is 1.39. The molecular formula is C18H37NO3. The van der Waals surface area contributed by atoms with Gasteiger partial charge in [0, 0.05) is 0 Å². The monoisotopic (exact) mass is 315 g/mol.